The van der Waals surface area contributed by atoms with Crippen LogP contribution in [0.4, 0.5) is 0 Å². The number of fused-ring (bicyclic) bond motifs is 6. The first-order chi connectivity index (χ1) is 33.4. The number of allylic oxidation sites excluding steroid dienone is 20. The molecule has 0 fully saturated rings. The smallest absolute Gasteiger partial charge is 0.164 e. The molecule has 10 rings (SSSR count). The third kappa shape index (κ3) is 8.19. The molecular weight excluding hydrogens is 829 g/mol. The second kappa shape index (κ2) is 19.1. The van der Waals surface area contributed by atoms with Crippen LogP contribution in [-0.4, -0.2) is 19.5 Å². The first-order valence-electron chi connectivity index (χ1n) is 23.8. The lowest BCUT2D eigenvalue weighted by Gasteiger charge is -2.31. The van der Waals surface area contributed by atoms with Crippen molar-refractivity contribution in [2.45, 2.75) is 44.9 Å². The number of rotatable bonds is 16. The molecule has 4 aromatic carbocycles. The zero-order valence-electron chi connectivity index (χ0n) is 38.7. The Kier molecular flexibility index (Phi) is 12.4. The molecule has 3 aromatic heterocycles. The van der Waals surface area contributed by atoms with Gasteiger partial charge in [-0.05, 0) is 115 Å². The summed E-state index contributed by atoms with van der Waals surface area (Å²) in [4.78, 5) is 16.1. The average molecular weight is 885 g/mol. The van der Waals surface area contributed by atoms with Crippen LogP contribution in [0.5, 0.6) is 0 Å². The summed E-state index contributed by atoms with van der Waals surface area (Å²) in [5, 5.41) is 4.54. The Bertz CT molecular complexity index is 3440. The van der Waals surface area contributed by atoms with E-state index in [2.05, 4.69) is 147 Å². The van der Waals surface area contributed by atoms with Gasteiger partial charge in [0.15, 0.2) is 17.5 Å². The summed E-state index contributed by atoms with van der Waals surface area (Å²) in [7, 11) is 0. The van der Waals surface area contributed by atoms with Crippen LogP contribution >= 0.6 is 0 Å². The van der Waals surface area contributed by atoms with E-state index >= 15 is 0 Å². The monoisotopic (exact) mass is 884 g/mol. The predicted molar refractivity (Wildman–Crippen MR) is 288 cm³/mol. The Labute approximate surface area is 399 Å². The third-order valence-corrected chi connectivity index (χ3v) is 13.7. The summed E-state index contributed by atoms with van der Waals surface area (Å²) >= 11 is 0. The zero-order valence-corrected chi connectivity index (χ0v) is 38.7. The van der Waals surface area contributed by atoms with E-state index in [9.17, 15) is 0 Å². The normalized spacial score (nSPS) is 17.8. The second-order valence-corrected chi connectivity index (χ2v) is 18.0. The number of para-hydroxylation sites is 2. The highest BCUT2D eigenvalue weighted by atomic mass is 16.3. The Morgan fingerprint density at radius 2 is 1.56 bits per heavy atom. The lowest BCUT2D eigenvalue weighted by molar-refractivity contribution is 0.475. The Morgan fingerprint density at radius 3 is 2.34 bits per heavy atom. The molecule has 2 unspecified atom stereocenters. The van der Waals surface area contributed by atoms with Gasteiger partial charge in [0.2, 0.25) is 0 Å². The van der Waals surface area contributed by atoms with E-state index in [1.165, 1.54) is 27.7 Å². The number of furan rings is 1. The van der Waals surface area contributed by atoms with Crippen molar-refractivity contribution in [3.8, 4) is 11.4 Å². The van der Waals surface area contributed by atoms with Crippen molar-refractivity contribution in [2.24, 2.45) is 17.8 Å². The number of hydrogen-bond donors (Lipinski definition) is 0. The fourth-order valence-corrected chi connectivity index (χ4v) is 10.5. The SMILES string of the molecule is C=C/C=C\C(=C)C1=CC(c2nc(C3=CC(C4=CCCC=C4)=C(n4c5cc6c(cc5c5cccc(CC=C)c54)oc4ccccc46)C(CC=C)C3)nc(-c3ccccc3)n2)=C[C@@H](C(C=C)CC=C)C1. The number of aromatic nitrogens is 4. The van der Waals surface area contributed by atoms with E-state index in [-0.39, 0.29) is 17.8 Å². The molecule has 3 aliphatic rings. The maximum atomic E-state index is 6.52. The van der Waals surface area contributed by atoms with Crippen LogP contribution in [0, 0.1) is 17.8 Å². The molecule has 0 bridgehead atoms. The predicted octanol–water partition coefficient (Wildman–Crippen LogP) is 16.4. The van der Waals surface area contributed by atoms with Gasteiger partial charge in [-0.1, -0.05) is 147 Å². The molecule has 5 heteroatoms. The molecule has 0 N–H and O–H groups in total. The zero-order chi connectivity index (χ0) is 46.7. The van der Waals surface area contributed by atoms with Gasteiger partial charge in [-0.25, -0.2) is 15.0 Å². The molecule has 5 nitrogen and oxygen atoms in total. The van der Waals surface area contributed by atoms with Crippen molar-refractivity contribution in [3.63, 3.8) is 0 Å². The van der Waals surface area contributed by atoms with Crippen LogP contribution < -0.4 is 0 Å². The fourth-order valence-electron chi connectivity index (χ4n) is 10.5. The Morgan fingerprint density at radius 1 is 0.750 bits per heavy atom. The molecule has 0 radical (unpaired) electrons. The fraction of sp³-hybridized carbons (Fsp3) is 0.159. The van der Waals surface area contributed by atoms with Crippen LogP contribution in [-0.2, 0) is 6.42 Å². The highest BCUT2D eigenvalue weighted by Gasteiger charge is 2.32. The van der Waals surface area contributed by atoms with Crippen LogP contribution in [0.25, 0.3) is 72.0 Å². The van der Waals surface area contributed by atoms with Crippen LogP contribution in [0.2, 0.25) is 0 Å². The molecule has 0 amide bonds. The van der Waals surface area contributed by atoms with Gasteiger partial charge in [0.25, 0.3) is 0 Å². The van der Waals surface area contributed by atoms with Crippen molar-refractivity contribution in [1.82, 2.24) is 19.5 Å². The first-order valence-corrected chi connectivity index (χ1v) is 23.8. The summed E-state index contributed by atoms with van der Waals surface area (Å²) in [5.74, 6) is 2.25. The summed E-state index contributed by atoms with van der Waals surface area (Å²) in [5.41, 5.74) is 13.9. The van der Waals surface area contributed by atoms with Crippen molar-refractivity contribution in [1.29, 1.82) is 0 Å². The van der Waals surface area contributed by atoms with Gasteiger partial charge in [-0.3, -0.25) is 0 Å². The first kappa shape index (κ1) is 44.0. The maximum Gasteiger partial charge on any atom is 0.164 e. The minimum atomic E-state index is 0.0171. The van der Waals surface area contributed by atoms with Crippen LogP contribution in [0.1, 0.15) is 55.7 Å². The van der Waals surface area contributed by atoms with Crippen molar-refractivity contribution in [2.75, 3.05) is 0 Å². The summed E-state index contributed by atoms with van der Waals surface area (Å²) < 4.78 is 9.08. The summed E-state index contributed by atoms with van der Waals surface area (Å²) in [6.07, 6.45) is 33.4. The van der Waals surface area contributed by atoms with E-state index in [1.807, 2.05) is 54.6 Å². The van der Waals surface area contributed by atoms with Gasteiger partial charge >= 0.3 is 0 Å². The Hall–Kier alpha value is -7.89. The number of benzene rings is 4. The van der Waals surface area contributed by atoms with Gasteiger partial charge in [0.1, 0.15) is 11.2 Å². The molecule has 0 spiro atoms. The highest BCUT2D eigenvalue weighted by molar-refractivity contribution is 6.18. The lowest BCUT2D eigenvalue weighted by Crippen LogP contribution is -2.19. The molecule has 0 aliphatic heterocycles. The van der Waals surface area contributed by atoms with Gasteiger partial charge in [-0.15, -0.1) is 26.3 Å². The minimum absolute atomic E-state index is 0.0171. The standard InChI is InChI=1S/C63H56N4O/c1-7-12-25-41(6)47-35-48(42(11-5)22-8-2)37-49(36-47)62-64-61(45-28-17-14-18-29-45)65-63(66-62)50-34-46(24-10-4)60(53(38-50)43-26-15-13-16-27-43)67-56-39-55-51-31-19-20-33-57(51)68-58(55)40-54(56)52-32-21-30-44(23-9-3)59(52)67/h7-12,14-15,17-21,25-33,36-40,42,46,48H,1-6,13,16,22-24,34-35H2/b25-12-/t42?,46?,48-/m0/s1. The molecule has 7 aromatic rings. The summed E-state index contributed by atoms with van der Waals surface area (Å²) in [6, 6.07) is 29.8. The van der Waals surface area contributed by atoms with E-state index in [1.54, 1.807) is 6.08 Å². The Balaban J connectivity index is 1.25. The molecule has 3 atom stereocenters. The minimum Gasteiger partial charge on any atom is -0.456 e. The van der Waals surface area contributed by atoms with Crippen molar-refractivity contribution in [3.05, 3.63) is 243 Å². The molecule has 3 aliphatic carbocycles. The topological polar surface area (TPSA) is 56.7 Å². The van der Waals surface area contributed by atoms with E-state index in [0.717, 1.165) is 105 Å². The summed E-state index contributed by atoms with van der Waals surface area (Å²) in [6.45, 7) is 25.3. The highest BCUT2D eigenvalue weighted by Crippen LogP contribution is 2.48. The number of hydrogen-bond acceptors (Lipinski definition) is 4. The molecular formula is C63H56N4O. The van der Waals surface area contributed by atoms with Crippen molar-refractivity contribution < 1.29 is 4.42 Å². The largest absolute Gasteiger partial charge is 0.456 e. The van der Waals surface area contributed by atoms with Crippen LogP contribution in [0.15, 0.2) is 230 Å². The molecule has 0 saturated carbocycles. The van der Waals surface area contributed by atoms with Gasteiger partial charge in [0.05, 0.1) is 11.0 Å². The van der Waals surface area contributed by atoms with E-state index in [4.69, 9.17) is 19.4 Å². The third-order valence-electron chi connectivity index (χ3n) is 13.7. The van der Waals surface area contributed by atoms with E-state index < -0.39 is 0 Å². The molecule has 68 heavy (non-hydrogen) atoms. The quantitative estimate of drug-likeness (QED) is 0.0717. The number of nitrogens with zero attached hydrogens (tertiary/aromatic N) is 4. The second-order valence-electron chi connectivity index (χ2n) is 18.0. The molecule has 3 heterocycles. The lowest BCUT2D eigenvalue weighted by atomic mass is 9.78. The van der Waals surface area contributed by atoms with E-state index in [0.29, 0.717) is 23.9 Å². The molecule has 0 saturated heterocycles. The maximum absolute atomic E-state index is 6.52. The van der Waals surface area contributed by atoms with Gasteiger partial charge in [-0.2, -0.15) is 0 Å². The van der Waals surface area contributed by atoms with Gasteiger partial charge < -0.3 is 8.98 Å². The van der Waals surface area contributed by atoms with Crippen LogP contribution in [0.3, 0.4) is 0 Å². The van der Waals surface area contributed by atoms with Gasteiger partial charge in [0, 0.05) is 49.9 Å². The van der Waals surface area contributed by atoms with Crippen molar-refractivity contribution >= 4 is 60.6 Å². The molecule has 334 valence electrons. The average Bonchev–Trinajstić information content (AvgIpc) is 3.91.